The molecule has 1 unspecified atom stereocenters. The van der Waals surface area contributed by atoms with E-state index in [9.17, 15) is 4.79 Å². The highest BCUT2D eigenvalue weighted by molar-refractivity contribution is 5.87. The number of amides is 1. The van der Waals surface area contributed by atoms with Crippen molar-refractivity contribution in [3.8, 4) is 0 Å². The van der Waals surface area contributed by atoms with Gasteiger partial charge in [-0.2, -0.15) is 0 Å². The van der Waals surface area contributed by atoms with Crippen molar-refractivity contribution >= 4 is 11.6 Å². The quantitative estimate of drug-likeness (QED) is 0.858. The van der Waals surface area contributed by atoms with Crippen LogP contribution in [0.4, 0.5) is 5.69 Å². The number of anilines is 1. The minimum Gasteiger partial charge on any atom is -0.374 e. The van der Waals surface area contributed by atoms with Gasteiger partial charge in [0, 0.05) is 11.4 Å². The molecule has 1 aromatic carbocycles. The highest BCUT2D eigenvalue weighted by atomic mass is 16.2. The molecule has 0 aliphatic carbocycles. The minimum absolute atomic E-state index is 0.0150. The molecule has 0 saturated carbocycles. The van der Waals surface area contributed by atoms with E-state index < -0.39 is 0 Å². The molecule has 3 heteroatoms. The molecule has 18 heavy (non-hydrogen) atoms. The molecule has 1 fully saturated rings. The third-order valence-electron chi connectivity index (χ3n) is 3.25. The van der Waals surface area contributed by atoms with Gasteiger partial charge in [0.15, 0.2) is 0 Å². The fourth-order valence-electron chi connectivity index (χ4n) is 2.10. The largest absolute Gasteiger partial charge is 0.374 e. The molecule has 1 heterocycles. The summed E-state index contributed by atoms with van der Waals surface area (Å²) >= 11 is 0. The maximum Gasteiger partial charge on any atom is 0.246 e. The van der Waals surface area contributed by atoms with E-state index >= 15 is 0 Å². The van der Waals surface area contributed by atoms with Crippen LogP contribution in [-0.4, -0.2) is 11.9 Å². The lowest BCUT2D eigenvalue weighted by molar-refractivity contribution is -0.122. The molecule has 3 nitrogen and oxygen atoms in total. The highest BCUT2D eigenvalue weighted by Crippen LogP contribution is 2.21. The molecule has 2 rings (SSSR count). The number of rotatable bonds is 3. The molecule has 1 saturated heterocycles. The summed E-state index contributed by atoms with van der Waals surface area (Å²) in [5.74, 6) is 0.507. The second kappa shape index (κ2) is 5.25. The summed E-state index contributed by atoms with van der Waals surface area (Å²) in [5, 5.41) is 6.08. The Bertz CT molecular complexity index is 465. The molecule has 2 N–H and O–H groups in total. The lowest BCUT2D eigenvalue weighted by atomic mass is 10.0. The predicted octanol–water partition coefficient (Wildman–Crippen LogP) is 3.01. The van der Waals surface area contributed by atoms with Gasteiger partial charge in [-0.1, -0.05) is 32.6 Å². The third kappa shape index (κ3) is 2.92. The van der Waals surface area contributed by atoms with Crippen LogP contribution in [0.25, 0.3) is 0 Å². The van der Waals surface area contributed by atoms with Crippen molar-refractivity contribution in [1.82, 2.24) is 5.32 Å². The van der Waals surface area contributed by atoms with Crippen LogP contribution >= 0.6 is 0 Å². The van der Waals surface area contributed by atoms with Gasteiger partial charge < -0.3 is 10.6 Å². The number of nitrogens with one attached hydrogen (secondary N) is 2. The van der Waals surface area contributed by atoms with Crippen LogP contribution in [0, 0.1) is 0 Å². The molecular formula is C15H20N2O. The average Bonchev–Trinajstić information content (AvgIpc) is 2.33. The second-order valence-electron chi connectivity index (χ2n) is 5.11. The zero-order valence-corrected chi connectivity index (χ0v) is 11.0. The van der Waals surface area contributed by atoms with Crippen molar-refractivity contribution < 1.29 is 4.79 Å². The van der Waals surface area contributed by atoms with Gasteiger partial charge in [0.2, 0.25) is 5.91 Å². The Morgan fingerprint density at radius 3 is 2.89 bits per heavy atom. The van der Waals surface area contributed by atoms with Crippen LogP contribution in [0.2, 0.25) is 0 Å². The van der Waals surface area contributed by atoms with Gasteiger partial charge in [-0.05, 0) is 36.5 Å². The molecule has 1 aromatic rings. The van der Waals surface area contributed by atoms with Crippen molar-refractivity contribution in [2.45, 2.75) is 38.6 Å². The van der Waals surface area contributed by atoms with Crippen molar-refractivity contribution in [3.05, 3.63) is 42.1 Å². The van der Waals surface area contributed by atoms with E-state index in [1.807, 2.05) is 12.1 Å². The van der Waals surface area contributed by atoms with E-state index in [-0.39, 0.29) is 11.9 Å². The number of hydrogen-bond donors (Lipinski definition) is 2. The van der Waals surface area contributed by atoms with Gasteiger partial charge >= 0.3 is 0 Å². The predicted molar refractivity (Wildman–Crippen MR) is 74.5 cm³/mol. The summed E-state index contributed by atoms with van der Waals surface area (Å²) in [6.45, 7) is 8.11. The molecule has 0 aromatic heterocycles. The summed E-state index contributed by atoms with van der Waals surface area (Å²) in [6, 6.07) is 8.10. The highest BCUT2D eigenvalue weighted by Gasteiger charge is 2.23. The van der Waals surface area contributed by atoms with E-state index in [2.05, 4.69) is 43.2 Å². The number of piperidine rings is 1. The molecular weight excluding hydrogens is 224 g/mol. The van der Waals surface area contributed by atoms with Gasteiger partial charge in [0.25, 0.3) is 0 Å². The first-order valence-electron chi connectivity index (χ1n) is 6.41. The molecule has 0 bridgehead atoms. The first kappa shape index (κ1) is 12.7. The summed E-state index contributed by atoms with van der Waals surface area (Å²) in [5.41, 5.74) is 3.10. The van der Waals surface area contributed by atoms with Gasteiger partial charge in [0.1, 0.15) is 6.04 Å². The van der Waals surface area contributed by atoms with E-state index in [4.69, 9.17) is 0 Å². The fourth-order valence-corrected chi connectivity index (χ4v) is 2.10. The Labute approximate surface area is 108 Å². The van der Waals surface area contributed by atoms with Gasteiger partial charge in [-0.3, -0.25) is 4.79 Å². The van der Waals surface area contributed by atoms with Crippen LogP contribution in [0.5, 0.6) is 0 Å². The van der Waals surface area contributed by atoms with Crippen LogP contribution in [0.15, 0.2) is 36.5 Å². The SMILES string of the molecule is C=C1CCC(Nc2cccc(C(C)C)c2)C(=O)N1. The smallest absolute Gasteiger partial charge is 0.246 e. The Morgan fingerprint density at radius 2 is 2.22 bits per heavy atom. The zero-order chi connectivity index (χ0) is 13.1. The zero-order valence-electron chi connectivity index (χ0n) is 11.0. The van der Waals surface area contributed by atoms with E-state index in [1.165, 1.54) is 5.56 Å². The maximum atomic E-state index is 11.8. The number of carbonyl (C=O) groups excluding carboxylic acids is 1. The van der Waals surface area contributed by atoms with Gasteiger partial charge in [0.05, 0.1) is 0 Å². The molecule has 1 amide bonds. The van der Waals surface area contributed by atoms with Crippen LogP contribution < -0.4 is 10.6 Å². The van der Waals surface area contributed by atoms with Crippen LogP contribution in [0.1, 0.15) is 38.2 Å². The lowest BCUT2D eigenvalue weighted by Crippen LogP contribution is -2.43. The first-order valence-corrected chi connectivity index (χ1v) is 6.41. The number of hydrogen-bond acceptors (Lipinski definition) is 2. The van der Waals surface area contributed by atoms with Crippen molar-refractivity contribution in [2.75, 3.05) is 5.32 Å². The van der Waals surface area contributed by atoms with Crippen molar-refractivity contribution in [3.63, 3.8) is 0 Å². The lowest BCUT2D eigenvalue weighted by Gasteiger charge is -2.25. The molecule has 1 atom stereocenters. The molecule has 96 valence electrons. The molecule has 0 spiro atoms. The minimum atomic E-state index is -0.155. The molecule has 1 aliphatic rings. The Morgan fingerprint density at radius 1 is 1.44 bits per heavy atom. The molecule has 0 radical (unpaired) electrons. The number of benzene rings is 1. The van der Waals surface area contributed by atoms with Crippen molar-refractivity contribution in [1.29, 1.82) is 0 Å². The third-order valence-corrected chi connectivity index (χ3v) is 3.25. The summed E-state index contributed by atoms with van der Waals surface area (Å²) in [7, 11) is 0. The van der Waals surface area contributed by atoms with Crippen LogP contribution in [-0.2, 0) is 4.79 Å². The summed E-state index contributed by atoms with van der Waals surface area (Å²) < 4.78 is 0. The standard InChI is InChI=1S/C15H20N2O/c1-10(2)12-5-4-6-13(9-12)17-14-8-7-11(3)16-15(14)18/h4-6,9-10,14,17H,3,7-8H2,1-2H3,(H,16,18). The maximum absolute atomic E-state index is 11.8. The van der Waals surface area contributed by atoms with Gasteiger partial charge in [-0.25, -0.2) is 0 Å². The topological polar surface area (TPSA) is 41.1 Å². The average molecular weight is 244 g/mol. The van der Waals surface area contributed by atoms with E-state index in [0.29, 0.717) is 5.92 Å². The monoisotopic (exact) mass is 244 g/mol. The van der Waals surface area contributed by atoms with Gasteiger partial charge in [-0.15, -0.1) is 0 Å². The van der Waals surface area contributed by atoms with Crippen LogP contribution in [0.3, 0.4) is 0 Å². The second-order valence-corrected chi connectivity index (χ2v) is 5.11. The Balaban J connectivity index is 2.07. The first-order chi connectivity index (χ1) is 8.56. The summed E-state index contributed by atoms with van der Waals surface area (Å²) in [6.07, 6.45) is 1.64. The molecule has 1 aliphatic heterocycles. The van der Waals surface area contributed by atoms with Crippen molar-refractivity contribution in [2.24, 2.45) is 0 Å². The normalized spacial score (nSPS) is 19.8. The Hall–Kier alpha value is -1.77. The van der Waals surface area contributed by atoms with E-state index in [1.54, 1.807) is 0 Å². The Kier molecular flexibility index (Phi) is 3.70. The fraction of sp³-hybridized carbons (Fsp3) is 0.400. The van der Waals surface area contributed by atoms with E-state index in [0.717, 1.165) is 24.2 Å². The number of allylic oxidation sites excluding steroid dienone is 1. The number of carbonyl (C=O) groups is 1. The summed E-state index contributed by atoms with van der Waals surface area (Å²) in [4.78, 5) is 11.8.